The number of urea groups is 1. The SMILES string of the molecule is CCCCN1CC(c2cc(C(N)=O)c(C)n2Cc2cccc(OC(F)(F)F)c2)=[N+](c2ccc(OC)cc2)C1=O. The molecule has 0 saturated carbocycles. The van der Waals surface area contributed by atoms with E-state index in [-0.39, 0.29) is 30.4 Å². The summed E-state index contributed by atoms with van der Waals surface area (Å²) in [4.78, 5) is 27.6. The summed E-state index contributed by atoms with van der Waals surface area (Å²) in [5.41, 5.74) is 8.77. The number of methoxy groups -OCH3 is 1. The molecule has 1 aliphatic heterocycles. The minimum atomic E-state index is -4.83. The van der Waals surface area contributed by atoms with Crippen molar-refractivity contribution >= 4 is 23.3 Å². The minimum Gasteiger partial charge on any atom is -0.497 e. The van der Waals surface area contributed by atoms with Crippen LogP contribution in [-0.2, 0) is 6.54 Å². The predicted octanol–water partition coefficient (Wildman–Crippen LogP) is 5.22. The number of alkyl halides is 3. The molecule has 0 aliphatic carbocycles. The lowest BCUT2D eigenvalue weighted by molar-refractivity contribution is -0.332. The van der Waals surface area contributed by atoms with Gasteiger partial charge < -0.3 is 19.8 Å². The van der Waals surface area contributed by atoms with E-state index < -0.39 is 12.3 Å². The van der Waals surface area contributed by atoms with Gasteiger partial charge >= 0.3 is 12.4 Å². The zero-order valence-electron chi connectivity index (χ0n) is 21.9. The Hall–Kier alpha value is -4.28. The van der Waals surface area contributed by atoms with Gasteiger partial charge in [-0.15, -0.1) is 13.2 Å². The molecule has 3 aromatic rings. The maximum Gasteiger partial charge on any atom is 0.573 e. The second-order valence-electron chi connectivity index (χ2n) is 9.21. The van der Waals surface area contributed by atoms with Crippen molar-refractivity contribution in [1.29, 1.82) is 0 Å². The minimum absolute atomic E-state index is 0.118. The Balaban J connectivity index is 1.85. The topological polar surface area (TPSA) is 89.8 Å². The summed E-state index contributed by atoms with van der Waals surface area (Å²) in [5, 5.41) is 0. The molecule has 2 aromatic carbocycles. The molecule has 8 nitrogen and oxygen atoms in total. The number of rotatable bonds is 10. The lowest BCUT2D eigenvalue weighted by atomic mass is 10.2. The molecule has 0 spiro atoms. The molecule has 0 fully saturated rings. The number of ether oxygens (including phenoxy) is 2. The van der Waals surface area contributed by atoms with Crippen molar-refractivity contribution in [3.8, 4) is 11.5 Å². The van der Waals surface area contributed by atoms with Crippen molar-refractivity contribution in [2.24, 2.45) is 5.73 Å². The third kappa shape index (κ3) is 6.08. The molecule has 206 valence electrons. The number of hydrogen-bond donors (Lipinski definition) is 1. The van der Waals surface area contributed by atoms with Crippen LogP contribution < -0.4 is 15.2 Å². The molecule has 0 atom stereocenters. The highest BCUT2D eigenvalue weighted by Gasteiger charge is 2.41. The first kappa shape index (κ1) is 27.7. The van der Waals surface area contributed by atoms with Gasteiger partial charge in [-0.05, 0) is 61.4 Å². The zero-order valence-corrected chi connectivity index (χ0v) is 21.9. The number of unbranched alkanes of at least 4 members (excludes halogenated alkanes) is 1. The number of aromatic nitrogens is 1. The predicted molar refractivity (Wildman–Crippen MR) is 139 cm³/mol. The summed E-state index contributed by atoms with van der Waals surface area (Å²) in [6, 6.07) is 14.1. The third-order valence-electron chi connectivity index (χ3n) is 6.58. The van der Waals surface area contributed by atoms with Gasteiger partial charge in [0, 0.05) is 12.2 Å². The molecule has 1 aliphatic rings. The Labute approximate surface area is 224 Å². The van der Waals surface area contributed by atoms with Gasteiger partial charge in [-0.25, -0.2) is 4.90 Å². The van der Waals surface area contributed by atoms with Gasteiger partial charge in [0.15, 0.2) is 12.3 Å². The van der Waals surface area contributed by atoms with Crippen molar-refractivity contribution in [3.63, 3.8) is 0 Å². The number of nitrogens with zero attached hydrogens (tertiary/aromatic N) is 3. The summed E-state index contributed by atoms with van der Waals surface area (Å²) in [7, 11) is 1.55. The largest absolute Gasteiger partial charge is 0.573 e. The molecule has 0 bridgehead atoms. The number of amides is 3. The van der Waals surface area contributed by atoms with E-state index in [9.17, 15) is 22.8 Å². The van der Waals surface area contributed by atoms with Crippen LogP contribution in [0.1, 0.15) is 47.1 Å². The highest BCUT2D eigenvalue weighted by atomic mass is 19.4. The lowest BCUT2D eigenvalue weighted by Crippen LogP contribution is -2.30. The average Bonchev–Trinajstić information content (AvgIpc) is 3.38. The van der Waals surface area contributed by atoms with Gasteiger partial charge in [0.25, 0.3) is 5.91 Å². The van der Waals surface area contributed by atoms with Gasteiger partial charge in [-0.1, -0.05) is 25.5 Å². The van der Waals surface area contributed by atoms with Gasteiger partial charge in [0.2, 0.25) is 0 Å². The Morgan fingerprint density at radius 3 is 2.44 bits per heavy atom. The summed E-state index contributed by atoms with van der Waals surface area (Å²) in [6.45, 7) is 4.70. The van der Waals surface area contributed by atoms with Crippen LogP contribution in [-0.4, -0.2) is 58.3 Å². The highest BCUT2D eigenvalue weighted by Crippen LogP contribution is 2.28. The van der Waals surface area contributed by atoms with E-state index in [4.69, 9.17) is 10.5 Å². The smallest absolute Gasteiger partial charge is 0.497 e. The van der Waals surface area contributed by atoms with Crippen LogP contribution in [0.25, 0.3) is 0 Å². The lowest BCUT2D eigenvalue weighted by Gasteiger charge is -2.14. The first-order chi connectivity index (χ1) is 18.5. The number of nitrogens with two attached hydrogens (primary N) is 1. The van der Waals surface area contributed by atoms with Crippen molar-refractivity contribution in [2.45, 2.75) is 39.6 Å². The van der Waals surface area contributed by atoms with Crippen LogP contribution in [0.4, 0.5) is 23.7 Å². The monoisotopic (exact) mass is 543 g/mol. The number of hydrogen-bond acceptors (Lipinski definition) is 4. The molecule has 4 rings (SSSR count). The summed E-state index contributed by atoms with van der Waals surface area (Å²) < 4.78 is 51.1. The summed E-state index contributed by atoms with van der Waals surface area (Å²) in [6.07, 6.45) is -3.11. The maximum absolute atomic E-state index is 13.6. The Bertz CT molecular complexity index is 1410. The number of primary amides is 1. The highest BCUT2D eigenvalue weighted by molar-refractivity contribution is 6.07. The molecule has 1 aromatic heterocycles. The number of halogens is 3. The standard InChI is InChI=1S/C28H29F3N4O4/c1-4-5-13-33-17-25(35(27(33)37)20-9-11-21(38-3)12-10-20)24-15-23(26(32)36)18(2)34(24)16-19-7-6-8-22(14-19)39-28(29,30)31/h6-12,14-15H,4-5,13,16-17H2,1-3H3,(H-,32,36)/p+1. The van der Waals surface area contributed by atoms with E-state index >= 15 is 0 Å². The zero-order chi connectivity index (χ0) is 28.3. The van der Waals surface area contributed by atoms with Gasteiger partial charge in [0.05, 0.1) is 24.9 Å². The van der Waals surface area contributed by atoms with E-state index in [0.29, 0.717) is 40.6 Å². The number of carbonyl (C=O) groups is 2. The quantitative estimate of drug-likeness (QED) is 0.355. The van der Waals surface area contributed by atoms with E-state index in [2.05, 4.69) is 4.74 Å². The molecule has 3 amide bonds. The Kier molecular flexibility index (Phi) is 7.98. The molecule has 2 heterocycles. The number of carbonyl (C=O) groups excluding carboxylic acids is 2. The maximum atomic E-state index is 13.6. The molecular formula is C28H30F3N4O4+. The molecule has 0 radical (unpaired) electrons. The third-order valence-corrected chi connectivity index (χ3v) is 6.58. The molecular weight excluding hydrogens is 513 g/mol. The van der Waals surface area contributed by atoms with Crippen LogP contribution in [0.5, 0.6) is 11.5 Å². The molecule has 11 heteroatoms. The molecule has 39 heavy (non-hydrogen) atoms. The fourth-order valence-corrected chi connectivity index (χ4v) is 4.65. The van der Waals surface area contributed by atoms with E-state index in [1.165, 1.54) is 18.2 Å². The summed E-state index contributed by atoms with van der Waals surface area (Å²) in [5.74, 6) is -0.368. The Morgan fingerprint density at radius 1 is 1.10 bits per heavy atom. The summed E-state index contributed by atoms with van der Waals surface area (Å²) >= 11 is 0. The van der Waals surface area contributed by atoms with E-state index in [1.54, 1.807) is 64.5 Å². The Morgan fingerprint density at radius 2 is 1.82 bits per heavy atom. The van der Waals surface area contributed by atoms with Crippen LogP contribution in [0, 0.1) is 6.92 Å². The van der Waals surface area contributed by atoms with E-state index in [1.807, 2.05) is 6.92 Å². The second kappa shape index (κ2) is 11.2. The van der Waals surface area contributed by atoms with Gasteiger partial charge in [0.1, 0.15) is 17.2 Å². The normalized spacial score (nSPS) is 13.8. The van der Waals surface area contributed by atoms with Crippen molar-refractivity contribution < 1.29 is 36.8 Å². The number of benzene rings is 2. The van der Waals surface area contributed by atoms with Crippen molar-refractivity contribution in [1.82, 2.24) is 9.47 Å². The molecule has 2 N–H and O–H groups in total. The fraction of sp³-hybridized carbons (Fsp3) is 0.321. The first-order valence-corrected chi connectivity index (χ1v) is 12.5. The van der Waals surface area contributed by atoms with Crippen LogP contribution in [0.3, 0.4) is 0 Å². The average molecular weight is 544 g/mol. The van der Waals surface area contributed by atoms with Crippen LogP contribution >= 0.6 is 0 Å². The fourth-order valence-electron chi connectivity index (χ4n) is 4.65. The van der Waals surface area contributed by atoms with Crippen LogP contribution in [0.2, 0.25) is 0 Å². The molecule has 0 unspecified atom stereocenters. The van der Waals surface area contributed by atoms with Crippen molar-refractivity contribution in [3.05, 3.63) is 77.1 Å². The van der Waals surface area contributed by atoms with Gasteiger partial charge in [-0.3, -0.25) is 4.79 Å². The second-order valence-corrected chi connectivity index (χ2v) is 9.21. The van der Waals surface area contributed by atoms with Crippen LogP contribution in [0.15, 0.2) is 54.6 Å². The van der Waals surface area contributed by atoms with Gasteiger partial charge in [-0.2, -0.15) is 9.37 Å². The molecule has 0 saturated heterocycles. The first-order valence-electron chi connectivity index (χ1n) is 12.5. The van der Waals surface area contributed by atoms with E-state index in [0.717, 1.165) is 12.8 Å². The van der Waals surface area contributed by atoms with Crippen molar-refractivity contribution in [2.75, 3.05) is 20.2 Å².